The van der Waals surface area contributed by atoms with Gasteiger partial charge < -0.3 is 0 Å². The number of ketones is 1. The Balaban J connectivity index is 2.48. The molecular formula is C16H16O. The molecule has 0 heterocycles. The summed E-state index contributed by atoms with van der Waals surface area (Å²) in [5.74, 6) is 0.0896. The van der Waals surface area contributed by atoms with Crippen LogP contribution in [0, 0.1) is 0 Å². The van der Waals surface area contributed by atoms with Crippen LogP contribution in [0.1, 0.15) is 35.7 Å². The standard InChI is InChI=1S/C16H16O/c1-3-5-6-9-13-12(4-2)16(17)15-11-8-7-10-14(13)15/h4,6-11H,2-3,5H2,1H3/b9-6-. The van der Waals surface area contributed by atoms with Gasteiger partial charge in [0.05, 0.1) is 0 Å². The van der Waals surface area contributed by atoms with E-state index in [0.29, 0.717) is 0 Å². The summed E-state index contributed by atoms with van der Waals surface area (Å²) in [5.41, 5.74) is 3.55. The number of benzene rings is 1. The number of fused-ring (bicyclic) bond motifs is 1. The Morgan fingerprint density at radius 3 is 2.53 bits per heavy atom. The van der Waals surface area contributed by atoms with Gasteiger partial charge in [-0.15, -0.1) is 0 Å². The molecule has 0 saturated carbocycles. The molecular weight excluding hydrogens is 208 g/mol. The summed E-state index contributed by atoms with van der Waals surface area (Å²) in [6, 6.07) is 7.74. The fourth-order valence-corrected chi connectivity index (χ4v) is 2.08. The minimum atomic E-state index is 0.0896. The zero-order valence-electron chi connectivity index (χ0n) is 10.1. The van der Waals surface area contributed by atoms with Gasteiger partial charge in [0.15, 0.2) is 5.78 Å². The Labute approximate surface area is 102 Å². The second-order valence-corrected chi connectivity index (χ2v) is 4.10. The highest BCUT2D eigenvalue weighted by Crippen LogP contribution is 2.34. The quantitative estimate of drug-likeness (QED) is 0.749. The van der Waals surface area contributed by atoms with Crippen molar-refractivity contribution >= 4 is 11.4 Å². The molecule has 1 nitrogen and oxygen atoms in total. The van der Waals surface area contributed by atoms with Crippen molar-refractivity contribution in [2.45, 2.75) is 19.8 Å². The molecule has 1 aliphatic rings. The van der Waals surface area contributed by atoms with Crippen molar-refractivity contribution in [2.24, 2.45) is 0 Å². The molecule has 0 saturated heterocycles. The van der Waals surface area contributed by atoms with E-state index in [1.54, 1.807) is 6.08 Å². The molecule has 0 amide bonds. The molecule has 0 fully saturated rings. The van der Waals surface area contributed by atoms with Crippen molar-refractivity contribution < 1.29 is 4.79 Å². The smallest absolute Gasteiger partial charge is 0.194 e. The maximum absolute atomic E-state index is 12.1. The third-order valence-corrected chi connectivity index (χ3v) is 2.94. The van der Waals surface area contributed by atoms with Crippen molar-refractivity contribution in [1.29, 1.82) is 0 Å². The molecule has 1 aliphatic carbocycles. The molecule has 1 aromatic rings. The minimum Gasteiger partial charge on any atom is -0.289 e. The first-order chi connectivity index (χ1) is 8.29. The Hall–Kier alpha value is -1.89. The van der Waals surface area contributed by atoms with Crippen LogP contribution in [0.15, 0.2) is 54.6 Å². The van der Waals surface area contributed by atoms with Crippen molar-refractivity contribution in [3.63, 3.8) is 0 Å². The first kappa shape index (κ1) is 11.6. The number of Topliss-reactive ketones (excluding diaryl/α,β-unsaturated/α-hetero) is 1. The van der Waals surface area contributed by atoms with E-state index in [2.05, 4.69) is 19.6 Å². The molecule has 86 valence electrons. The number of carbonyl (C=O) groups excluding carboxylic acids is 1. The minimum absolute atomic E-state index is 0.0896. The summed E-state index contributed by atoms with van der Waals surface area (Å²) < 4.78 is 0. The normalized spacial score (nSPS) is 14.5. The van der Waals surface area contributed by atoms with E-state index in [0.717, 1.165) is 35.1 Å². The molecule has 0 N–H and O–H groups in total. The highest BCUT2D eigenvalue weighted by Gasteiger charge is 2.25. The van der Waals surface area contributed by atoms with Crippen LogP contribution < -0.4 is 0 Å². The molecule has 0 atom stereocenters. The van der Waals surface area contributed by atoms with Crippen molar-refractivity contribution in [1.82, 2.24) is 0 Å². The van der Waals surface area contributed by atoms with E-state index < -0.39 is 0 Å². The van der Waals surface area contributed by atoms with Gasteiger partial charge in [0.2, 0.25) is 0 Å². The van der Waals surface area contributed by atoms with Gasteiger partial charge in [0, 0.05) is 11.1 Å². The lowest BCUT2D eigenvalue weighted by Crippen LogP contribution is -1.95. The second kappa shape index (κ2) is 4.96. The molecule has 0 aliphatic heterocycles. The highest BCUT2D eigenvalue weighted by atomic mass is 16.1. The first-order valence-corrected chi connectivity index (χ1v) is 5.97. The Bertz CT molecular complexity index is 518. The van der Waals surface area contributed by atoms with Crippen molar-refractivity contribution in [3.8, 4) is 0 Å². The molecule has 17 heavy (non-hydrogen) atoms. The maximum Gasteiger partial charge on any atom is 0.194 e. The molecule has 2 rings (SSSR count). The van der Waals surface area contributed by atoms with Crippen molar-refractivity contribution in [3.05, 3.63) is 65.8 Å². The largest absolute Gasteiger partial charge is 0.289 e. The second-order valence-electron chi connectivity index (χ2n) is 4.10. The van der Waals surface area contributed by atoms with E-state index >= 15 is 0 Å². The zero-order valence-corrected chi connectivity index (χ0v) is 10.1. The van der Waals surface area contributed by atoms with E-state index in [9.17, 15) is 4.79 Å². The third-order valence-electron chi connectivity index (χ3n) is 2.94. The Morgan fingerprint density at radius 1 is 1.18 bits per heavy atom. The Kier molecular flexibility index (Phi) is 3.38. The molecule has 0 bridgehead atoms. The van der Waals surface area contributed by atoms with Crippen LogP contribution in [0.25, 0.3) is 5.57 Å². The molecule has 0 radical (unpaired) electrons. The summed E-state index contributed by atoms with van der Waals surface area (Å²) in [4.78, 5) is 12.1. The van der Waals surface area contributed by atoms with Crippen LogP contribution in [0.2, 0.25) is 0 Å². The lowest BCUT2D eigenvalue weighted by Gasteiger charge is -1.99. The summed E-state index contributed by atoms with van der Waals surface area (Å²) in [6.45, 7) is 5.88. The summed E-state index contributed by atoms with van der Waals surface area (Å²) in [6.07, 6.45) is 7.97. The molecule has 1 heteroatoms. The van der Waals surface area contributed by atoms with Gasteiger partial charge in [-0.25, -0.2) is 0 Å². The monoisotopic (exact) mass is 224 g/mol. The zero-order chi connectivity index (χ0) is 12.3. The number of hydrogen-bond acceptors (Lipinski definition) is 1. The topological polar surface area (TPSA) is 17.1 Å². The summed E-state index contributed by atoms with van der Waals surface area (Å²) >= 11 is 0. The number of allylic oxidation sites excluding steroid dienone is 5. The molecule has 0 unspecified atom stereocenters. The van der Waals surface area contributed by atoms with E-state index in [-0.39, 0.29) is 5.78 Å². The lowest BCUT2D eigenvalue weighted by atomic mass is 10.0. The number of unbranched alkanes of at least 4 members (excludes halogenated alkanes) is 1. The average Bonchev–Trinajstić information content (AvgIpc) is 2.63. The van der Waals surface area contributed by atoms with Crippen molar-refractivity contribution in [2.75, 3.05) is 0 Å². The van der Waals surface area contributed by atoms with Crippen LogP contribution in [-0.4, -0.2) is 5.78 Å². The van der Waals surface area contributed by atoms with Crippen LogP contribution in [0.4, 0.5) is 0 Å². The van der Waals surface area contributed by atoms with E-state index in [1.165, 1.54) is 0 Å². The number of carbonyl (C=O) groups is 1. The van der Waals surface area contributed by atoms with Crippen LogP contribution in [0.3, 0.4) is 0 Å². The maximum atomic E-state index is 12.1. The molecule has 1 aromatic carbocycles. The van der Waals surface area contributed by atoms with Crippen LogP contribution >= 0.6 is 0 Å². The SMILES string of the molecule is C=CC1=C(/C=C\CCC)c2ccccc2C1=O. The Morgan fingerprint density at radius 2 is 1.88 bits per heavy atom. The van der Waals surface area contributed by atoms with Crippen LogP contribution in [0.5, 0.6) is 0 Å². The van der Waals surface area contributed by atoms with Gasteiger partial charge in [-0.2, -0.15) is 0 Å². The van der Waals surface area contributed by atoms with Gasteiger partial charge in [-0.3, -0.25) is 4.79 Å². The first-order valence-electron chi connectivity index (χ1n) is 5.97. The highest BCUT2D eigenvalue weighted by molar-refractivity contribution is 6.23. The number of rotatable bonds is 4. The predicted octanol–water partition coefficient (Wildman–Crippen LogP) is 4.18. The number of hydrogen-bond donors (Lipinski definition) is 0. The van der Waals surface area contributed by atoms with Gasteiger partial charge in [0.1, 0.15) is 0 Å². The molecule has 0 aromatic heterocycles. The van der Waals surface area contributed by atoms with Gasteiger partial charge in [-0.1, -0.05) is 62.4 Å². The van der Waals surface area contributed by atoms with Gasteiger partial charge in [0.25, 0.3) is 0 Å². The van der Waals surface area contributed by atoms with Gasteiger partial charge >= 0.3 is 0 Å². The predicted molar refractivity (Wildman–Crippen MR) is 71.9 cm³/mol. The fourth-order valence-electron chi connectivity index (χ4n) is 2.08. The summed E-state index contributed by atoms with van der Waals surface area (Å²) in [7, 11) is 0. The van der Waals surface area contributed by atoms with E-state index in [1.807, 2.05) is 30.3 Å². The van der Waals surface area contributed by atoms with Crippen LogP contribution in [-0.2, 0) is 0 Å². The van der Waals surface area contributed by atoms with Gasteiger partial charge in [-0.05, 0) is 17.6 Å². The molecule has 0 spiro atoms. The fraction of sp³-hybridized carbons (Fsp3) is 0.188. The summed E-state index contributed by atoms with van der Waals surface area (Å²) in [5, 5.41) is 0. The third kappa shape index (κ3) is 2.01. The van der Waals surface area contributed by atoms with E-state index in [4.69, 9.17) is 0 Å². The lowest BCUT2D eigenvalue weighted by molar-refractivity contribution is 0.104. The average molecular weight is 224 g/mol.